The molecule has 0 amide bonds. The van der Waals surface area contributed by atoms with Crippen molar-refractivity contribution < 1.29 is 28.2 Å². The van der Waals surface area contributed by atoms with Gasteiger partial charge in [-0.05, 0) is 30.2 Å². The largest absolute Gasteiger partial charge is 0.416 e. The Hall–Kier alpha value is -1.25. The number of aliphatic hydroxyl groups excluding tert-OH is 2. The van der Waals surface area contributed by atoms with E-state index in [9.17, 15) is 28.2 Å². The highest BCUT2D eigenvalue weighted by Gasteiger charge is 2.36. The third-order valence-corrected chi connectivity index (χ3v) is 3.63. The van der Waals surface area contributed by atoms with Crippen LogP contribution in [0.1, 0.15) is 30.6 Å². The number of benzene rings is 1. The molecule has 2 unspecified atom stereocenters. The van der Waals surface area contributed by atoms with Crippen LogP contribution >= 0.6 is 11.8 Å². The molecule has 1 aromatic rings. The molecule has 0 heterocycles. The molecule has 0 aromatic heterocycles. The molecule has 0 aliphatic heterocycles. The second kappa shape index (κ2) is 7.15. The molecule has 1 aromatic carbocycles. The molecule has 8 heteroatoms. The first-order valence-electron chi connectivity index (χ1n) is 6.09. The normalized spacial score (nSPS) is 14.8. The smallest absolute Gasteiger partial charge is 0.399 e. The van der Waals surface area contributed by atoms with E-state index in [1.165, 1.54) is 6.92 Å². The highest BCUT2D eigenvalue weighted by atomic mass is 32.2. The maximum absolute atomic E-state index is 12.9. The Morgan fingerprint density at radius 3 is 2.52 bits per heavy atom. The van der Waals surface area contributed by atoms with Crippen molar-refractivity contribution in [3.05, 3.63) is 29.3 Å². The Labute approximate surface area is 124 Å². The van der Waals surface area contributed by atoms with E-state index >= 15 is 0 Å². The van der Waals surface area contributed by atoms with Crippen LogP contribution in [0.15, 0.2) is 18.2 Å². The van der Waals surface area contributed by atoms with Gasteiger partial charge in [-0.2, -0.15) is 13.2 Å². The first kappa shape index (κ1) is 17.8. The van der Waals surface area contributed by atoms with E-state index in [1.54, 1.807) is 0 Å². The van der Waals surface area contributed by atoms with Crippen molar-refractivity contribution in [2.45, 2.75) is 31.7 Å². The van der Waals surface area contributed by atoms with Gasteiger partial charge in [-0.15, -0.1) is 0 Å². The van der Waals surface area contributed by atoms with E-state index in [0.29, 0.717) is 0 Å². The van der Waals surface area contributed by atoms with Crippen molar-refractivity contribution in [1.82, 2.24) is 0 Å². The van der Waals surface area contributed by atoms with Gasteiger partial charge in [-0.3, -0.25) is 4.79 Å². The number of carbonyl (C=O) groups is 1. The molecule has 1 rings (SSSR count). The van der Waals surface area contributed by atoms with Gasteiger partial charge in [-0.25, -0.2) is 0 Å². The maximum atomic E-state index is 12.9. The second-order valence-corrected chi connectivity index (χ2v) is 5.76. The van der Waals surface area contributed by atoms with Crippen LogP contribution in [0, 0.1) is 0 Å². The van der Waals surface area contributed by atoms with Gasteiger partial charge in [0.1, 0.15) is 6.10 Å². The lowest BCUT2D eigenvalue weighted by Gasteiger charge is -2.22. The van der Waals surface area contributed by atoms with Crippen LogP contribution in [0.5, 0.6) is 0 Å². The maximum Gasteiger partial charge on any atom is 0.416 e. The molecular weight excluding hydrogens is 307 g/mol. The van der Waals surface area contributed by atoms with Crippen molar-refractivity contribution in [1.29, 1.82) is 0 Å². The summed E-state index contributed by atoms with van der Waals surface area (Å²) in [5.74, 6) is 0.206. The van der Waals surface area contributed by atoms with E-state index in [-0.39, 0.29) is 23.0 Å². The fraction of sp³-hybridized carbons (Fsp3) is 0.462. The molecule has 4 nitrogen and oxygen atoms in total. The zero-order valence-corrected chi connectivity index (χ0v) is 12.0. The summed E-state index contributed by atoms with van der Waals surface area (Å²) in [4.78, 5) is 10.7. The van der Waals surface area contributed by atoms with Crippen molar-refractivity contribution >= 4 is 22.6 Å². The highest BCUT2D eigenvalue weighted by molar-refractivity contribution is 8.13. The minimum Gasteiger partial charge on any atom is -0.399 e. The lowest BCUT2D eigenvalue weighted by molar-refractivity contribution is -0.139. The van der Waals surface area contributed by atoms with Gasteiger partial charge in [0.15, 0.2) is 5.12 Å². The van der Waals surface area contributed by atoms with Crippen LogP contribution < -0.4 is 5.73 Å². The highest BCUT2D eigenvalue weighted by Crippen LogP contribution is 2.37. The second-order valence-electron chi connectivity index (χ2n) is 4.49. The lowest BCUT2D eigenvalue weighted by atomic mass is 9.96. The van der Waals surface area contributed by atoms with Gasteiger partial charge in [-0.1, -0.05) is 11.8 Å². The van der Waals surface area contributed by atoms with Gasteiger partial charge < -0.3 is 15.9 Å². The van der Waals surface area contributed by atoms with Crippen LogP contribution in [0.3, 0.4) is 0 Å². The molecule has 118 valence electrons. The van der Waals surface area contributed by atoms with E-state index in [1.807, 2.05) is 0 Å². The van der Waals surface area contributed by atoms with Gasteiger partial charge >= 0.3 is 6.18 Å². The summed E-state index contributed by atoms with van der Waals surface area (Å²) in [5.41, 5.74) is 3.99. The summed E-state index contributed by atoms with van der Waals surface area (Å²) >= 11 is 0.928. The van der Waals surface area contributed by atoms with E-state index in [2.05, 4.69) is 0 Å². The standard InChI is InChI=1S/C13H16F3NO3S/c1-7(18)21-5-4-11(19)12(20)9-6-8(17)2-3-10(9)13(14,15)16/h2-3,6,11-12,19-20H,4-5,17H2,1H3. The summed E-state index contributed by atoms with van der Waals surface area (Å²) in [6.45, 7) is 1.34. The van der Waals surface area contributed by atoms with E-state index in [0.717, 1.165) is 30.0 Å². The number of alkyl halides is 3. The van der Waals surface area contributed by atoms with Crippen molar-refractivity contribution in [2.24, 2.45) is 0 Å². The number of thioether (sulfide) groups is 1. The van der Waals surface area contributed by atoms with E-state index in [4.69, 9.17) is 5.73 Å². The van der Waals surface area contributed by atoms with Crippen molar-refractivity contribution in [3.63, 3.8) is 0 Å². The van der Waals surface area contributed by atoms with Gasteiger partial charge in [0.2, 0.25) is 0 Å². The number of anilines is 1. The zero-order valence-electron chi connectivity index (χ0n) is 11.2. The van der Waals surface area contributed by atoms with Gasteiger partial charge in [0.05, 0.1) is 11.7 Å². The van der Waals surface area contributed by atoms with Crippen LogP contribution in [-0.2, 0) is 11.0 Å². The molecule has 0 fully saturated rings. The van der Waals surface area contributed by atoms with Crippen LogP contribution in [-0.4, -0.2) is 27.2 Å². The number of carbonyl (C=O) groups excluding carboxylic acids is 1. The monoisotopic (exact) mass is 323 g/mol. The Morgan fingerprint density at radius 2 is 2.00 bits per heavy atom. The quantitative estimate of drug-likeness (QED) is 0.725. The average Bonchev–Trinajstić information content (AvgIpc) is 2.35. The minimum absolute atomic E-state index is 0.0164. The molecule has 21 heavy (non-hydrogen) atoms. The first-order chi connectivity index (χ1) is 9.62. The van der Waals surface area contributed by atoms with Gasteiger partial charge in [0.25, 0.3) is 0 Å². The average molecular weight is 323 g/mol. The molecule has 0 saturated carbocycles. The van der Waals surface area contributed by atoms with Gasteiger partial charge in [0, 0.05) is 18.4 Å². The summed E-state index contributed by atoms with van der Waals surface area (Å²) in [5, 5.41) is 19.5. The predicted molar refractivity (Wildman–Crippen MR) is 74.6 cm³/mol. The third kappa shape index (κ3) is 5.22. The minimum atomic E-state index is -4.65. The van der Waals surface area contributed by atoms with Crippen LogP contribution in [0.25, 0.3) is 0 Å². The van der Waals surface area contributed by atoms with Crippen molar-refractivity contribution in [2.75, 3.05) is 11.5 Å². The summed E-state index contributed by atoms with van der Waals surface area (Å²) in [6.07, 6.45) is -7.81. The molecule has 0 aliphatic carbocycles. The molecule has 0 radical (unpaired) electrons. The Kier molecular flexibility index (Phi) is 6.06. The molecule has 0 aliphatic rings. The Bertz CT molecular complexity index is 508. The first-order valence-corrected chi connectivity index (χ1v) is 7.07. The molecule has 0 saturated heterocycles. The number of aliphatic hydroxyl groups is 2. The summed E-state index contributed by atoms with van der Waals surface area (Å²) in [6, 6.07) is 2.84. The molecule has 0 spiro atoms. The van der Waals surface area contributed by atoms with E-state index < -0.39 is 29.5 Å². The number of nitrogen functional groups attached to an aromatic ring is 1. The fourth-order valence-electron chi connectivity index (χ4n) is 1.77. The lowest BCUT2D eigenvalue weighted by Crippen LogP contribution is -2.23. The molecule has 2 atom stereocenters. The number of rotatable bonds is 5. The Morgan fingerprint density at radius 1 is 1.38 bits per heavy atom. The zero-order chi connectivity index (χ0) is 16.2. The SMILES string of the molecule is CC(=O)SCCC(O)C(O)c1cc(N)ccc1C(F)(F)F. The number of nitrogens with two attached hydrogens (primary N) is 1. The molecule has 4 N–H and O–H groups in total. The number of hydrogen-bond acceptors (Lipinski definition) is 5. The molecular formula is C13H16F3NO3S. The Balaban J connectivity index is 2.92. The number of halogens is 3. The summed E-state index contributed by atoms with van der Waals surface area (Å²) < 4.78 is 38.6. The fourth-order valence-corrected chi connectivity index (χ4v) is 2.42. The molecule has 0 bridgehead atoms. The third-order valence-electron chi connectivity index (χ3n) is 2.78. The van der Waals surface area contributed by atoms with Crippen LogP contribution in [0.4, 0.5) is 18.9 Å². The number of hydrogen-bond donors (Lipinski definition) is 3. The predicted octanol–water partition coefficient (Wildman–Crippen LogP) is 2.35. The van der Waals surface area contributed by atoms with Crippen LogP contribution in [0.2, 0.25) is 0 Å². The van der Waals surface area contributed by atoms with Crippen molar-refractivity contribution in [3.8, 4) is 0 Å². The topological polar surface area (TPSA) is 83.5 Å². The summed E-state index contributed by atoms with van der Waals surface area (Å²) in [7, 11) is 0.